The summed E-state index contributed by atoms with van der Waals surface area (Å²) in [5.74, 6) is 0. The van der Waals surface area contributed by atoms with Crippen molar-refractivity contribution < 1.29 is 0 Å². The van der Waals surface area contributed by atoms with Crippen LogP contribution in [0.1, 0.15) is 16.8 Å². The predicted octanol–water partition coefficient (Wildman–Crippen LogP) is 4.62. The Hall–Kier alpha value is -2.61. The number of benzene rings is 2. The predicted molar refractivity (Wildman–Crippen MR) is 87.6 cm³/mol. The number of nitrogens with zero attached hydrogens (tertiary/aromatic N) is 1. The minimum Gasteiger partial charge on any atom is -0.339 e. The number of nitrogens with one attached hydrogen (secondary N) is 1. The first kappa shape index (κ1) is 12.2. The van der Waals surface area contributed by atoms with Gasteiger partial charge in [0.05, 0.1) is 0 Å². The number of hydrogen-bond donors (Lipinski definition) is 1. The Balaban J connectivity index is 1.76. The van der Waals surface area contributed by atoms with Gasteiger partial charge in [0.25, 0.3) is 0 Å². The molecule has 0 radical (unpaired) electrons. The molecule has 2 aromatic carbocycles. The second-order valence-electron chi connectivity index (χ2n) is 5.53. The third-order valence-electron chi connectivity index (χ3n) is 3.93. The highest BCUT2D eigenvalue weighted by Gasteiger charge is 2.06. The molecule has 2 nitrogen and oxygen atoms in total. The minimum absolute atomic E-state index is 0.867. The summed E-state index contributed by atoms with van der Waals surface area (Å²) < 4.78 is 0. The number of aromatic amines is 1. The number of hydrogen-bond acceptors (Lipinski definition) is 1. The molecule has 0 unspecified atom stereocenters. The third-order valence-corrected chi connectivity index (χ3v) is 3.93. The van der Waals surface area contributed by atoms with Gasteiger partial charge in [-0.2, -0.15) is 0 Å². The first-order chi connectivity index (χ1) is 10.3. The van der Waals surface area contributed by atoms with Crippen molar-refractivity contribution in [2.24, 2.45) is 0 Å². The molecule has 4 aromatic rings. The van der Waals surface area contributed by atoms with E-state index < -0.39 is 0 Å². The van der Waals surface area contributed by atoms with Crippen LogP contribution in [0.15, 0.2) is 60.7 Å². The van der Waals surface area contributed by atoms with Crippen molar-refractivity contribution in [2.75, 3.05) is 0 Å². The number of aryl methyl sites for hydroxylation is 1. The molecule has 102 valence electrons. The van der Waals surface area contributed by atoms with Crippen LogP contribution in [0, 0.1) is 6.92 Å². The van der Waals surface area contributed by atoms with Crippen molar-refractivity contribution >= 4 is 21.9 Å². The van der Waals surface area contributed by atoms with E-state index in [0.717, 1.165) is 23.3 Å². The molecule has 0 amide bonds. The lowest BCUT2D eigenvalue weighted by atomic mass is 10.1. The van der Waals surface area contributed by atoms with Crippen LogP contribution in [0.4, 0.5) is 0 Å². The van der Waals surface area contributed by atoms with E-state index in [1.165, 1.54) is 21.9 Å². The molecule has 2 heterocycles. The molecule has 0 saturated heterocycles. The molecule has 0 fully saturated rings. The molecule has 4 rings (SSSR count). The van der Waals surface area contributed by atoms with Crippen LogP contribution < -0.4 is 0 Å². The summed E-state index contributed by atoms with van der Waals surface area (Å²) in [6.07, 6.45) is 0.867. The normalized spacial score (nSPS) is 11.3. The maximum atomic E-state index is 4.77. The fourth-order valence-electron chi connectivity index (χ4n) is 2.78. The molecule has 2 aromatic heterocycles. The summed E-state index contributed by atoms with van der Waals surface area (Å²) in [5, 5.41) is 2.43. The maximum Gasteiger partial charge on any atom is 0.138 e. The average Bonchev–Trinajstić information content (AvgIpc) is 2.87. The van der Waals surface area contributed by atoms with Gasteiger partial charge in [-0.3, -0.25) is 0 Å². The molecule has 1 N–H and O–H groups in total. The van der Waals surface area contributed by atoms with E-state index in [-0.39, 0.29) is 0 Å². The summed E-state index contributed by atoms with van der Waals surface area (Å²) in [6.45, 7) is 2.11. The Morgan fingerprint density at radius 1 is 0.857 bits per heavy atom. The van der Waals surface area contributed by atoms with Gasteiger partial charge in [0.1, 0.15) is 5.65 Å². The lowest BCUT2D eigenvalue weighted by molar-refractivity contribution is 1.09. The van der Waals surface area contributed by atoms with Gasteiger partial charge in [-0.1, -0.05) is 48.0 Å². The number of aromatic nitrogens is 2. The summed E-state index contributed by atoms with van der Waals surface area (Å²) in [5.41, 5.74) is 5.80. The third kappa shape index (κ3) is 2.19. The molecule has 0 aliphatic carbocycles. The van der Waals surface area contributed by atoms with Gasteiger partial charge < -0.3 is 4.98 Å². The van der Waals surface area contributed by atoms with E-state index in [9.17, 15) is 0 Å². The van der Waals surface area contributed by atoms with Gasteiger partial charge in [-0.05, 0) is 30.7 Å². The highest BCUT2D eigenvalue weighted by molar-refractivity contribution is 6.05. The van der Waals surface area contributed by atoms with E-state index in [0.29, 0.717) is 0 Å². The molecule has 2 heteroatoms. The standard InChI is InChI=1S/C19H16N2/c1-13-6-8-14(9-7-13)12-15-10-11-17-16-4-2-3-5-18(16)21-19(17)20-15/h2-11H,12H2,1H3,(H,20,21). The summed E-state index contributed by atoms with van der Waals surface area (Å²) in [4.78, 5) is 8.18. The lowest BCUT2D eigenvalue weighted by Crippen LogP contribution is -1.92. The zero-order valence-corrected chi connectivity index (χ0v) is 11.9. The van der Waals surface area contributed by atoms with Crippen molar-refractivity contribution in [1.82, 2.24) is 9.97 Å². The smallest absolute Gasteiger partial charge is 0.138 e. The van der Waals surface area contributed by atoms with E-state index in [1.54, 1.807) is 0 Å². The molecule has 0 saturated carbocycles. The first-order valence-corrected chi connectivity index (χ1v) is 7.21. The second kappa shape index (κ2) is 4.74. The summed E-state index contributed by atoms with van der Waals surface area (Å²) in [6, 6.07) is 21.3. The van der Waals surface area contributed by atoms with E-state index in [4.69, 9.17) is 4.98 Å². The SMILES string of the molecule is Cc1ccc(Cc2ccc3c(n2)[nH]c2ccccc23)cc1. The number of H-pyrrole nitrogens is 1. The lowest BCUT2D eigenvalue weighted by Gasteiger charge is -2.02. The van der Waals surface area contributed by atoms with Crippen molar-refractivity contribution in [1.29, 1.82) is 0 Å². The first-order valence-electron chi connectivity index (χ1n) is 7.21. The van der Waals surface area contributed by atoms with Crippen LogP contribution in [0.2, 0.25) is 0 Å². The molecule has 0 aliphatic rings. The minimum atomic E-state index is 0.867. The fourth-order valence-corrected chi connectivity index (χ4v) is 2.78. The number of rotatable bonds is 2. The average molecular weight is 272 g/mol. The molecule has 0 atom stereocenters. The van der Waals surface area contributed by atoms with E-state index in [1.807, 2.05) is 6.07 Å². The van der Waals surface area contributed by atoms with Crippen LogP contribution in [0.25, 0.3) is 21.9 Å². The van der Waals surface area contributed by atoms with Crippen LogP contribution in [0.5, 0.6) is 0 Å². The van der Waals surface area contributed by atoms with Crippen molar-refractivity contribution in [3.05, 3.63) is 77.5 Å². The molecule has 21 heavy (non-hydrogen) atoms. The zero-order valence-electron chi connectivity index (χ0n) is 11.9. The Morgan fingerprint density at radius 3 is 2.52 bits per heavy atom. The molecular formula is C19H16N2. The summed E-state index contributed by atoms with van der Waals surface area (Å²) >= 11 is 0. The second-order valence-corrected chi connectivity index (χ2v) is 5.53. The summed E-state index contributed by atoms with van der Waals surface area (Å²) in [7, 11) is 0. The van der Waals surface area contributed by atoms with Gasteiger partial charge in [0, 0.05) is 28.4 Å². The van der Waals surface area contributed by atoms with Gasteiger partial charge in [0.15, 0.2) is 0 Å². The van der Waals surface area contributed by atoms with Crippen molar-refractivity contribution in [2.45, 2.75) is 13.3 Å². The van der Waals surface area contributed by atoms with Crippen LogP contribution >= 0.6 is 0 Å². The Labute approximate surface area is 123 Å². The van der Waals surface area contributed by atoms with Crippen molar-refractivity contribution in [3.8, 4) is 0 Å². The quantitative estimate of drug-likeness (QED) is 0.567. The maximum absolute atomic E-state index is 4.77. The largest absolute Gasteiger partial charge is 0.339 e. The zero-order chi connectivity index (χ0) is 14.2. The topological polar surface area (TPSA) is 28.7 Å². The van der Waals surface area contributed by atoms with Crippen LogP contribution in [-0.4, -0.2) is 9.97 Å². The van der Waals surface area contributed by atoms with Gasteiger partial charge in [-0.25, -0.2) is 4.98 Å². The Bertz CT molecular complexity index is 917. The van der Waals surface area contributed by atoms with Gasteiger partial charge in [-0.15, -0.1) is 0 Å². The Kier molecular flexibility index (Phi) is 2.74. The van der Waals surface area contributed by atoms with Crippen molar-refractivity contribution in [3.63, 3.8) is 0 Å². The highest BCUT2D eigenvalue weighted by atomic mass is 14.9. The van der Waals surface area contributed by atoms with Crippen LogP contribution in [0.3, 0.4) is 0 Å². The number of fused-ring (bicyclic) bond motifs is 3. The molecule has 0 aliphatic heterocycles. The van der Waals surface area contributed by atoms with E-state index >= 15 is 0 Å². The Morgan fingerprint density at radius 2 is 1.67 bits per heavy atom. The highest BCUT2D eigenvalue weighted by Crippen LogP contribution is 2.24. The molecular weight excluding hydrogens is 256 g/mol. The number of pyridine rings is 1. The fraction of sp³-hybridized carbons (Fsp3) is 0.105. The number of para-hydroxylation sites is 1. The molecule has 0 bridgehead atoms. The van der Waals surface area contributed by atoms with Crippen LogP contribution in [-0.2, 0) is 6.42 Å². The van der Waals surface area contributed by atoms with E-state index in [2.05, 4.69) is 66.5 Å². The van der Waals surface area contributed by atoms with Gasteiger partial charge >= 0.3 is 0 Å². The van der Waals surface area contributed by atoms with Gasteiger partial charge in [0.2, 0.25) is 0 Å². The molecule has 0 spiro atoms. The monoisotopic (exact) mass is 272 g/mol.